The number of hydrogen-bond donors (Lipinski definition) is 1. The predicted molar refractivity (Wildman–Crippen MR) is 116 cm³/mol. The van der Waals surface area contributed by atoms with Crippen molar-refractivity contribution in [2.45, 2.75) is 33.3 Å². The van der Waals surface area contributed by atoms with Crippen LogP contribution in [0.3, 0.4) is 0 Å². The van der Waals surface area contributed by atoms with Gasteiger partial charge in [0, 0.05) is 17.1 Å². The molecule has 1 atom stereocenters. The molecule has 0 aliphatic heterocycles. The molecule has 1 heterocycles. The lowest BCUT2D eigenvalue weighted by atomic mass is 9.94. The quantitative estimate of drug-likeness (QED) is 0.477. The first kappa shape index (κ1) is 23.1. The van der Waals surface area contributed by atoms with Gasteiger partial charge in [-0.1, -0.05) is 26.0 Å². The molecule has 3 aromatic rings. The highest BCUT2D eigenvalue weighted by atomic mass is 19.1. The van der Waals surface area contributed by atoms with Crippen LogP contribution < -0.4 is 10.5 Å². The number of aromatic nitrogens is 1. The van der Waals surface area contributed by atoms with Crippen molar-refractivity contribution in [2.24, 2.45) is 11.7 Å². The third kappa shape index (κ3) is 4.85. The molecule has 8 heteroatoms. The lowest BCUT2D eigenvalue weighted by molar-refractivity contribution is 0.0925. The van der Waals surface area contributed by atoms with Crippen molar-refractivity contribution in [2.75, 3.05) is 6.61 Å². The molecule has 3 rings (SSSR count). The molecular weight excluding hydrogens is 418 g/mol. The average Bonchev–Trinajstić information content (AvgIpc) is 2.72. The standard InChI is InChI=1S/C24H24F2N2O4/c1-4-31-23-17-7-5-6-16(15(17)8-9-28-23)22(29)21-18(25)11-14(12-19(21)26)20(10-13(2)3)32-24(27)30/h5-9,11-13,20H,4,10H2,1-3H3,(H2,27,30). The molecule has 0 spiro atoms. The minimum absolute atomic E-state index is 0.0654. The van der Waals surface area contributed by atoms with Gasteiger partial charge in [0.25, 0.3) is 0 Å². The summed E-state index contributed by atoms with van der Waals surface area (Å²) in [5.41, 5.74) is 4.61. The number of hydrogen-bond acceptors (Lipinski definition) is 5. The molecule has 0 fully saturated rings. The maximum absolute atomic E-state index is 15.0. The van der Waals surface area contributed by atoms with E-state index in [1.807, 2.05) is 13.8 Å². The van der Waals surface area contributed by atoms with Gasteiger partial charge in [-0.15, -0.1) is 0 Å². The van der Waals surface area contributed by atoms with Crippen molar-refractivity contribution in [1.29, 1.82) is 0 Å². The maximum Gasteiger partial charge on any atom is 0.405 e. The number of carbonyl (C=O) groups excluding carboxylic acids is 2. The monoisotopic (exact) mass is 442 g/mol. The van der Waals surface area contributed by atoms with Crippen LogP contribution in [0.5, 0.6) is 5.88 Å². The first-order valence-corrected chi connectivity index (χ1v) is 10.2. The Morgan fingerprint density at radius 2 is 1.78 bits per heavy atom. The van der Waals surface area contributed by atoms with Gasteiger partial charge in [0.15, 0.2) is 5.78 Å². The van der Waals surface area contributed by atoms with Crippen LogP contribution in [0.4, 0.5) is 13.6 Å². The first-order chi connectivity index (χ1) is 15.2. The topological polar surface area (TPSA) is 91.5 Å². The second-order valence-corrected chi connectivity index (χ2v) is 7.69. The minimum atomic E-state index is -1.05. The number of amides is 1. The average molecular weight is 442 g/mol. The van der Waals surface area contributed by atoms with Gasteiger partial charge in [0.1, 0.15) is 17.7 Å². The number of ketones is 1. The number of rotatable bonds is 8. The Hall–Kier alpha value is -3.55. The van der Waals surface area contributed by atoms with Crippen LogP contribution in [0.2, 0.25) is 0 Å². The van der Waals surface area contributed by atoms with Gasteiger partial charge in [-0.05, 0) is 54.5 Å². The first-order valence-electron chi connectivity index (χ1n) is 10.2. The van der Waals surface area contributed by atoms with Crippen molar-refractivity contribution in [3.8, 4) is 5.88 Å². The van der Waals surface area contributed by atoms with Gasteiger partial charge in [-0.25, -0.2) is 18.6 Å². The molecule has 1 unspecified atom stereocenters. The number of benzene rings is 2. The summed E-state index contributed by atoms with van der Waals surface area (Å²) in [5, 5.41) is 1.03. The molecule has 1 aromatic heterocycles. The van der Waals surface area contributed by atoms with Crippen LogP contribution in [-0.2, 0) is 4.74 Å². The van der Waals surface area contributed by atoms with Crippen LogP contribution in [0, 0.1) is 17.6 Å². The Morgan fingerprint density at radius 1 is 1.09 bits per heavy atom. The molecule has 168 valence electrons. The molecule has 6 nitrogen and oxygen atoms in total. The fourth-order valence-electron chi connectivity index (χ4n) is 3.58. The number of carbonyl (C=O) groups is 2. The van der Waals surface area contributed by atoms with Crippen molar-refractivity contribution in [3.63, 3.8) is 0 Å². The van der Waals surface area contributed by atoms with E-state index in [1.54, 1.807) is 25.1 Å². The lowest BCUT2D eigenvalue weighted by Gasteiger charge is -2.20. The highest BCUT2D eigenvalue weighted by Gasteiger charge is 2.26. The predicted octanol–water partition coefficient (Wildman–Crippen LogP) is 5.33. The Morgan fingerprint density at radius 3 is 2.38 bits per heavy atom. The van der Waals surface area contributed by atoms with Crippen LogP contribution >= 0.6 is 0 Å². The van der Waals surface area contributed by atoms with Crippen LogP contribution in [0.1, 0.15) is 54.8 Å². The van der Waals surface area contributed by atoms with Crippen LogP contribution in [0.25, 0.3) is 10.8 Å². The number of halogens is 2. The highest BCUT2D eigenvalue weighted by molar-refractivity contribution is 6.17. The van der Waals surface area contributed by atoms with E-state index in [0.717, 1.165) is 12.1 Å². The third-order valence-corrected chi connectivity index (χ3v) is 4.90. The third-order valence-electron chi connectivity index (χ3n) is 4.90. The van der Waals surface area contributed by atoms with Gasteiger partial charge in [-0.3, -0.25) is 4.79 Å². The molecule has 0 saturated heterocycles. The van der Waals surface area contributed by atoms with Gasteiger partial charge >= 0.3 is 6.09 Å². The number of ether oxygens (including phenoxy) is 2. The number of primary amides is 1. The number of nitrogens with zero attached hydrogens (tertiary/aromatic N) is 1. The summed E-state index contributed by atoms with van der Waals surface area (Å²) in [6.45, 7) is 5.91. The number of fused-ring (bicyclic) bond motifs is 1. The summed E-state index contributed by atoms with van der Waals surface area (Å²) in [7, 11) is 0. The molecule has 0 saturated carbocycles. The zero-order valence-corrected chi connectivity index (χ0v) is 18.0. The second-order valence-electron chi connectivity index (χ2n) is 7.69. The Bertz CT molecular complexity index is 1140. The van der Waals surface area contributed by atoms with E-state index in [2.05, 4.69) is 4.98 Å². The maximum atomic E-state index is 15.0. The van der Waals surface area contributed by atoms with E-state index in [-0.39, 0.29) is 17.0 Å². The summed E-state index contributed by atoms with van der Waals surface area (Å²) in [4.78, 5) is 28.5. The summed E-state index contributed by atoms with van der Waals surface area (Å²) in [6.07, 6.45) is -0.201. The largest absolute Gasteiger partial charge is 0.478 e. The molecule has 2 N–H and O–H groups in total. The molecule has 1 amide bonds. The van der Waals surface area contributed by atoms with Crippen LogP contribution in [0.15, 0.2) is 42.6 Å². The van der Waals surface area contributed by atoms with Crippen molar-refractivity contribution >= 4 is 22.6 Å². The molecule has 0 aliphatic carbocycles. The van der Waals surface area contributed by atoms with E-state index < -0.39 is 35.2 Å². The Balaban J connectivity index is 2.06. The summed E-state index contributed by atoms with van der Waals surface area (Å²) in [6, 6.07) is 8.41. The lowest BCUT2D eigenvalue weighted by Crippen LogP contribution is -2.19. The van der Waals surface area contributed by atoms with Crippen molar-refractivity contribution < 1.29 is 27.8 Å². The summed E-state index contributed by atoms with van der Waals surface area (Å²) in [5.74, 6) is -2.53. The highest BCUT2D eigenvalue weighted by Crippen LogP contribution is 2.31. The van der Waals surface area contributed by atoms with Gasteiger partial charge in [0.2, 0.25) is 5.88 Å². The normalized spacial score (nSPS) is 12.1. The van der Waals surface area contributed by atoms with Gasteiger partial charge in [0.05, 0.1) is 12.2 Å². The zero-order chi connectivity index (χ0) is 23.4. The zero-order valence-electron chi connectivity index (χ0n) is 18.0. The molecular formula is C24H24F2N2O4. The number of pyridine rings is 1. The van der Waals surface area contributed by atoms with Crippen molar-refractivity contribution in [3.05, 3.63) is 70.9 Å². The molecule has 32 heavy (non-hydrogen) atoms. The van der Waals surface area contributed by atoms with E-state index >= 15 is 8.78 Å². The number of nitrogens with two attached hydrogens (primary N) is 1. The van der Waals surface area contributed by atoms with Crippen molar-refractivity contribution in [1.82, 2.24) is 4.98 Å². The van der Waals surface area contributed by atoms with E-state index in [0.29, 0.717) is 29.7 Å². The van der Waals surface area contributed by atoms with Gasteiger partial charge < -0.3 is 15.2 Å². The summed E-state index contributed by atoms with van der Waals surface area (Å²) >= 11 is 0. The molecule has 0 aliphatic rings. The fraction of sp³-hybridized carbons (Fsp3) is 0.292. The molecule has 2 aromatic carbocycles. The Labute approximate surface area is 184 Å². The van der Waals surface area contributed by atoms with Gasteiger partial charge in [-0.2, -0.15) is 0 Å². The molecule has 0 radical (unpaired) electrons. The fourth-order valence-corrected chi connectivity index (χ4v) is 3.58. The summed E-state index contributed by atoms with van der Waals surface area (Å²) < 4.78 is 40.6. The smallest absolute Gasteiger partial charge is 0.405 e. The second kappa shape index (κ2) is 9.72. The van der Waals surface area contributed by atoms with E-state index in [1.165, 1.54) is 12.3 Å². The van der Waals surface area contributed by atoms with Crippen LogP contribution in [-0.4, -0.2) is 23.5 Å². The Kier molecular flexibility index (Phi) is 7.02. The molecule has 0 bridgehead atoms. The SMILES string of the molecule is CCOc1nccc2c(C(=O)c3c(F)cc(C(CC(C)C)OC(N)=O)cc3F)cccc12. The van der Waals surface area contributed by atoms with E-state index in [4.69, 9.17) is 15.2 Å². The minimum Gasteiger partial charge on any atom is -0.478 e. The van der Waals surface area contributed by atoms with E-state index in [9.17, 15) is 9.59 Å².